The van der Waals surface area contributed by atoms with Gasteiger partial charge in [-0.2, -0.15) is 0 Å². The molecule has 0 aliphatic rings. The van der Waals surface area contributed by atoms with Crippen molar-refractivity contribution in [3.8, 4) is 0 Å². The normalized spacial score (nSPS) is 18.1. The maximum atomic E-state index is 10.1. The van der Waals surface area contributed by atoms with Crippen molar-refractivity contribution in [2.24, 2.45) is 0 Å². The molecule has 9 heteroatoms. The molecule has 0 aliphatic heterocycles. The van der Waals surface area contributed by atoms with Crippen molar-refractivity contribution < 1.29 is 93.0 Å². The molecule has 0 aromatic rings. The Hall–Kier alpha value is 0.416. The summed E-state index contributed by atoms with van der Waals surface area (Å²) >= 11 is 0. The van der Waals surface area contributed by atoms with Gasteiger partial charge in [-0.15, -0.1) is 0 Å². The Morgan fingerprint density at radius 1 is 0.800 bits per heavy atom. The minimum atomic E-state index is -2.36. The number of hydrogen-bond acceptors (Lipinski definition) is 6. The summed E-state index contributed by atoms with van der Waals surface area (Å²) < 4.78 is 0. The van der Waals surface area contributed by atoms with E-state index in [0.717, 1.165) is 0 Å². The van der Waals surface area contributed by atoms with Gasteiger partial charge in [-0.1, -0.05) is 0 Å². The van der Waals surface area contributed by atoms with E-state index < -0.39 is 36.4 Å². The average molecular weight is 250 g/mol. The molecule has 0 amide bonds. The number of rotatable bonds is 5. The van der Waals surface area contributed by atoms with Crippen LogP contribution in [-0.4, -0.2) is 67.0 Å². The molecule has 15 heavy (non-hydrogen) atoms. The maximum Gasteiger partial charge on any atom is 1.00 e. The summed E-state index contributed by atoms with van der Waals surface area (Å²) in [7, 11) is 0. The summed E-state index contributed by atoms with van der Waals surface area (Å²) in [5, 5.41) is 51.5. The number of aliphatic carboxylic acids is 2. The molecule has 4 unspecified atom stereocenters. The Morgan fingerprint density at radius 2 is 1.00 bits per heavy atom. The molecule has 0 radical (unpaired) electrons. The van der Waals surface area contributed by atoms with E-state index >= 15 is 0 Å². The first kappa shape index (κ1) is 17.8. The third-order valence-corrected chi connectivity index (χ3v) is 1.50. The molecular weight excluding hydrogens is 239 g/mol. The maximum absolute atomic E-state index is 10.1. The molecule has 6 N–H and O–H groups in total. The van der Waals surface area contributed by atoms with Crippen molar-refractivity contribution in [2.75, 3.05) is 0 Å². The van der Waals surface area contributed by atoms with Crippen LogP contribution in [0.3, 0.4) is 0 Å². The Kier molecular flexibility index (Phi) is 9.08. The van der Waals surface area contributed by atoms with E-state index in [1.165, 1.54) is 0 Å². The fourth-order valence-electron chi connectivity index (χ4n) is 0.666. The molecule has 0 spiro atoms. The summed E-state index contributed by atoms with van der Waals surface area (Å²) in [4.78, 5) is 20.2. The van der Waals surface area contributed by atoms with Crippen LogP contribution in [0, 0.1) is 0 Å². The molecule has 0 fully saturated rings. The predicted molar refractivity (Wildman–Crippen MR) is 40.4 cm³/mol. The smallest absolute Gasteiger partial charge is 1.00 e. The van der Waals surface area contributed by atoms with E-state index in [4.69, 9.17) is 30.6 Å². The third kappa shape index (κ3) is 5.33. The number of carboxylic acids is 2. The van der Waals surface area contributed by atoms with E-state index in [-0.39, 0.29) is 52.8 Å². The van der Waals surface area contributed by atoms with Gasteiger partial charge in [0, 0.05) is 0 Å². The van der Waals surface area contributed by atoms with Crippen molar-refractivity contribution in [1.29, 1.82) is 0 Å². The summed E-state index contributed by atoms with van der Waals surface area (Å²) in [6.45, 7) is 0. The van der Waals surface area contributed by atoms with E-state index in [0.29, 0.717) is 0 Å². The number of carbonyl (C=O) groups is 2. The van der Waals surface area contributed by atoms with Crippen LogP contribution in [0.25, 0.3) is 0 Å². The fourth-order valence-corrected chi connectivity index (χ4v) is 0.666. The number of aliphatic hydroxyl groups excluding tert-OH is 4. The fraction of sp³-hybridized carbons (Fsp3) is 0.667. The van der Waals surface area contributed by atoms with Crippen molar-refractivity contribution >= 4 is 11.9 Å². The predicted octanol–water partition coefficient (Wildman–Crippen LogP) is -6.28. The second-order valence-corrected chi connectivity index (χ2v) is 2.55. The summed E-state index contributed by atoms with van der Waals surface area (Å²) in [5.41, 5.74) is 0. The summed E-state index contributed by atoms with van der Waals surface area (Å²) in [5.74, 6) is -3.68. The van der Waals surface area contributed by atoms with Crippen LogP contribution in [0.1, 0.15) is 1.43 Å². The molecule has 0 aromatic carbocycles. The summed E-state index contributed by atoms with van der Waals surface area (Å²) in [6, 6.07) is 0. The molecule has 0 aromatic heterocycles. The van der Waals surface area contributed by atoms with Crippen LogP contribution in [0.15, 0.2) is 0 Å². The van der Waals surface area contributed by atoms with Crippen LogP contribution in [0.5, 0.6) is 0 Å². The van der Waals surface area contributed by atoms with Gasteiger partial charge in [0.25, 0.3) is 0 Å². The Morgan fingerprint density at radius 3 is 1.13 bits per heavy atom. The van der Waals surface area contributed by atoms with Gasteiger partial charge >= 0.3 is 63.3 Å². The van der Waals surface area contributed by atoms with Gasteiger partial charge < -0.3 is 32.1 Å². The van der Waals surface area contributed by atoms with Gasteiger partial charge in [0.2, 0.25) is 0 Å². The van der Waals surface area contributed by atoms with Crippen molar-refractivity contribution in [3.63, 3.8) is 0 Å². The van der Waals surface area contributed by atoms with Crippen LogP contribution in [0.4, 0.5) is 0 Å². The quantitative estimate of drug-likeness (QED) is 0.263. The molecule has 4 atom stereocenters. The number of hydrogen-bond donors (Lipinski definition) is 6. The van der Waals surface area contributed by atoms with Crippen molar-refractivity contribution in [1.82, 2.24) is 0 Å². The van der Waals surface area contributed by atoms with E-state index in [9.17, 15) is 9.59 Å². The standard InChI is InChI=1S/C6H10O8.K.H/c7-1(3(9)5(11)12)2(8)4(10)6(13)14;;/h1-4,7-10H,(H,11,12)(H,13,14);;/q;+1;-1. The number of aliphatic hydroxyl groups is 4. The zero-order chi connectivity index (χ0) is 11.5. The van der Waals surface area contributed by atoms with Gasteiger partial charge in [-0.05, 0) is 0 Å². The molecule has 8 nitrogen and oxygen atoms in total. The Balaban J connectivity index is -0.000000845. The first-order valence-corrected chi connectivity index (χ1v) is 3.47. The van der Waals surface area contributed by atoms with E-state index in [1.54, 1.807) is 0 Å². The van der Waals surface area contributed by atoms with Gasteiger partial charge in [-0.3, -0.25) is 0 Å². The average Bonchev–Trinajstić information content (AvgIpc) is 2.12. The van der Waals surface area contributed by atoms with E-state index in [2.05, 4.69) is 0 Å². The van der Waals surface area contributed by atoms with E-state index in [1.807, 2.05) is 0 Å². The monoisotopic (exact) mass is 250 g/mol. The van der Waals surface area contributed by atoms with Crippen molar-refractivity contribution in [2.45, 2.75) is 24.4 Å². The zero-order valence-electron chi connectivity index (χ0n) is 8.81. The minimum Gasteiger partial charge on any atom is -1.00 e. The molecule has 0 saturated carbocycles. The molecule has 0 heterocycles. The molecular formula is C6H11KO8. The van der Waals surface area contributed by atoms with Gasteiger partial charge in [0.05, 0.1) is 0 Å². The Bertz CT molecular complexity index is 213. The largest absolute Gasteiger partial charge is 1.00 e. The second kappa shape index (κ2) is 7.65. The number of carboxylic acid groups (broad SMARTS) is 2. The summed E-state index contributed by atoms with van der Waals surface area (Å²) in [6.07, 6.45) is -9.28. The molecule has 0 bridgehead atoms. The zero-order valence-corrected chi connectivity index (χ0v) is 10.9. The van der Waals surface area contributed by atoms with Gasteiger partial charge in [0.1, 0.15) is 12.2 Å². The minimum absolute atomic E-state index is 0. The van der Waals surface area contributed by atoms with Gasteiger partial charge in [-0.25, -0.2) is 9.59 Å². The SMILES string of the molecule is O=C(O)C(O)C(O)C(O)C(O)C(=O)O.[H-].[K+]. The molecule has 0 rings (SSSR count). The Labute approximate surface area is 128 Å². The first-order valence-electron chi connectivity index (χ1n) is 3.47. The first-order chi connectivity index (χ1) is 6.29. The second-order valence-electron chi connectivity index (χ2n) is 2.55. The van der Waals surface area contributed by atoms with Crippen LogP contribution < -0.4 is 51.4 Å². The van der Waals surface area contributed by atoms with Crippen LogP contribution in [0.2, 0.25) is 0 Å². The van der Waals surface area contributed by atoms with Crippen LogP contribution >= 0.6 is 0 Å². The molecule has 84 valence electrons. The third-order valence-electron chi connectivity index (χ3n) is 1.50. The topological polar surface area (TPSA) is 156 Å². The van der Waals surface area contributed by atoms with Gasteiger partial charge in [0.15, 0.2) is 12.2 Å². The van der Waals surface area contributed by atoms with Crippen molar-refractivity contribution in [3.05, 3.63) is 0 Å². The molecule has 0 saturated heterocycles. The molecule has 0 aliphatic carbocycles. The van der Waals surface area contributed by atoms with Crippen LogP contribution in [-0.2, 0) is 9.59 Å².